The Kier molecular flexibility index (Phi) is 7.23. The molecule has 0 amide bonds. The number of hydrogen-bond acceptors (Lipinski definition) is 5. The van der Waals surface area contributed by atoms with Crippen LogP contribution >= 0.6 is 0 Å². The van der Waals surface area contributed by atoms with Crippen LogP contribution in [-0.2, 0) is 19.0 Å². The molecule has 0 bridgehead atoms. The minimum atomic E-state index is -0.382. The molecule has 0 radical (unpaired) electrons. The summed E-state index contributed by atoms with van der Waals surface area (Å²) in [5.74, 6) is -0.238. The third-order valence-corrected chi connectivity index (χ3v) is 2.77. The van der Waals surface area contributed by atoms with Crippen molar-refractivity contribution >= 4 is 5.97 Å². The van der Waals surface area contributed by atoms with Gasteiger partial charge >= 0.3 is 5.97 Å². The van der Waals surface area contributed by atoms with Crippen LogP contribution in [0.15, 0.2) is 0 Å². The highest BCUT2D eigenvalue weighted by molar-refractivity contribution is 5.75. The molecule has 5 heteroatoms. The zero-order valence-electron chi connectivity index (χ0n) is 11.6. The molecule has 1 aliphatic rings. The molecule has 5 nitrogen and oxygen atoms in total. The zero-order valence-corrected chi connectivity index (χ0v) is 11.6. The molecule has 0 spiro atoms. The van der Waals surface area contributed by atoms with Crippen LogP contribution in [0.2, 0.25) is 0 Å². The van der Waals surface area contributed by atoms with Gasteiger partial charge in [-0.3, -0.25) is 4.79 Å². The molecule has 1 rings (SSSR count). The molecule has 0 saturated carbocycles. The first kappa shape index (κ1) is 15.4. The first-order chi connectivity index (χ1) is 8.63. The molecule has 106 valence electrons. The van der Waals surface area contributed by atoms with E-state index >= 15 is 0 Å². The average molecular weight is 259 g/mol. The number of rotatable bonds is 7. The first-order valence-electron chi connectivity index (χ1n) is 6.75. The summed E-state index contributed by atoms with van der Waals surface area (Å²) >= 11 is 0. The van der Waals surface area contributed by atoms with Crippen LogP contribution in [-0.4, -0.2) is 50.6 Å². The van der Waals surface area contributed by atoms with E-state index in [9.17, 15) is 4.79 Å². The Labute approximate surface area is 109 Å². The predicted molar refractivity (Wildman–Crippen MR) is 68.5 cm³/mol. The molecule has 1 fully saturated rings. The Morgan fingerprint density at radius 1 is 1.39 bits per heavy atom. The van der Waals surface area contributed by atoms with Crippen molar-refractivity contribution < 1.29 is 19.0 Å². The van der Waals surface area contributed by atoms with Crippen LogP contribution in [0.3, 0.4) is 0 Å². The van der Waals surface area contributed by atoms with E-state index in [0.717, 1.165) is 26.1 Å². The minimum absolute atomic E-state index is 0.199. The van der Waals surface area contributed by atoms with Gasteiger partial charge in [0.1, 0.15) is 6.04 Å². The van der Waals surface area contributed by atoms with E-state index in [2.05, 4.69) is 5.32 Å². The standard InChI is InChI=1S/C13H25NO4/c1-4-17-13(15)12(14-10(2)3)9-18-11-5-7-16-8-6-11/h10-12,14H,4-9H2,1-3H3. The smallest absolute Gasteiger partial charge is 0.325 e. The van der Waals surface area contributed by atoms with Gasteiger partial charge in [-0.2, -0.15) is 0 Å². The topological polar surface area (TPSA) is 56.8 Å². The third kappa shape index (κ3) is 5.80. The van der Waals surface area contributed by atoms with Crippen molar-refractivity contribution in [1.29, 1.82) is 0 Å². The van der Waals surface area contributed by atoms with Gasteiger partial charge in [0.15, 0.2) is 0 Å². The lowest BCUT2D eigenvalue weighted by Crippen LogP contribution is -2.46. The van der Waals surface area contributed by atoms with Crippen molar-refractivity contribution in [2.24, 2.45) is 0 Å². The lowest BCUT2D eigenvalue weighted by atomic mass is 10.1. The Bertz CT molecular complexity index is 239. The fourth-order valence-electron chi connectivity index (χ4n) is 1.90. The van der Waals surface area contributed by atoms with E-state index in [0.29, 0.717) is 13.2 Å². The molecule has 0 aliphatic carbocycles. The molecule has 18 heavy (non-hydrogen) atoms. The number of carbonyl (C=O) groups excluding carboxylic acids is 1. The van der Waals surface area contributed by atoms with Gasteiger partial charge in [-0.05, 0) is 19.8 Å². The fourth-order valence-corrected chi connectivity index (χ4v) is 1.90. The van der Waals surface area contributed by atoms with Gasteiger partial charge in [-0.1, -0.05) is 13.8 Å². The van der Waals surface area contributed by atoms with Crippen LogP contribution in [0.1, 0.15) is 33.6 Å². The molecule has 0 aromatic carbocycles. The Morgan fingerprint density at radius 3 is 2.61 bits per heavy atom. The lowest BCUT2D eigenvalue weighted by Gasteiger charge is -2.25. The van der Waals surface area contributed by atoms with Gasteiger partial charge in [-0.25, -0.2) is 0 Å². The van der Waals surface area contributed by atoms with E-state index in [1.165, 1.54) is 0 Å². The third-order valence-electron chi connectivity index (χ3n) is 2.77. The molecule has 1 unspecified atom stereocenters. The molecular formula is C13H25NO4. The van der Waals surface area contributed by atoms with E-state index < -0.39 is 0 Å². The van der Waals surface area contributed by atoms with Gasteiger partial charge in [0, 0.05) is 19.3 Å². The highest BCUT2D eigenvalue weighted by Gasteiger charge is 2.23. The number of ether oxygens (including phenoxy) is 3. The second-order valence-electron chi connectivity index (χ2n) is 4.77. The largest absolute Gasteiger partial charge is 0.465 e. The molecule has 1 saturated heterocycles. The Morgan fingerprint density at radius 2 is 2.06 bits per heavy atom. The van der Waals surface area contributed by atoms with Gasteiger partial charge in [0.2, 0.25) is 0 Å². The van der Waals surface area contributed by atoms with Crippen LogP contribution in [0.4, 0.5) is 0 Å². The normalized spacial score (nSPS) is 18.9. The minimum Gasteiger partial charge on any atom is -0.465 e. The molecule has 0 aromatic rings. The quantitative estimate of drug-likeness (QED) is 0.694. The lowest BCUT2D eigenvalue weighted by molar-refractivity contribution is -0.148. The van der Waals surface area contributed by atoms with Crippen LogP contribution in [0, 0.1) is 0 Å². The van der Waals surface area contributed by atoms with Gasteiger partial charge in [0.25, 0.3) is 0 Å². The van der Waals surface area contributed by atoms with Crippen LogP contribution in [0.5, 0.6) is 0 Å². The summed E-state index contributed by atoms with van der Waals surface area (Å²) in [5.41, 5.74) is 0. The molecular weight excluding hydrogens is 234 g/mol. The van der Waals surface area contributed by atoms with Crippen molar-refractivity contribution in [1.82, 2.24) is 5.32 Å². The first-order valence-corrected chi connectivity index (χ1v) is 6.75. The Balaban J connectivity index is 2.36. The molecule has 1 aliphatic heterocycles. The van der Waals surface area contributed by atoms with Gasteiger partial charge < -0.3 is 19.5 Å². The summed E-state index contributed by atoms with van der Waals surface area (Å²) in [6, 6.07) is -0.162. The summed E-state index contributed by atoms with van der Waals surface area (Å²) in [5, 5.41) is 3.17. The summed E-state index contributed by atoms with van der Waals surface area (Å²) < 4.78 is 16.1. The monoisotopic (exact) mass is 259 g/mol. The summed E-state index contributed by atoms with van der Waals surface area (Å²) in [4.78, 5) is 11.8. The number of carbonyl (C=O) groups is 1. The van der Waals surface area contributed by atoms with E-state index in [-0.39, 0.29) is 24.2 Å². The molecule has 0 aromatic heterocycles. The maximum atomic E-state index is 11.8. The predicted octanol–water partition coefficient (Wildman–Crippen LogP) is 1.11. The summed E-state index contributed by atoms with van der Waals surface area (Å²) in [6.07, 6.45) is 2.00. The molecule has 1 N–H and O–H groups in total. The van der Waals surface area contributed by atoms with Crippen molar-refractivity contribution in [3.8, 4) is 0 Å². The second-order valence-corrected chi connectivity index (χ2v) is 4.77. The fraction of sp³-hybridized carbons (Fsp3) is 0.923. The van der Waals surface area contributed by atoms with Crippen LogP contribution in [0.25, 0.3) is 0 Å². The highest BCUT2D eigenvalue weighted by Crippen LogP contribution is 2.11. The maximum absolute atomic E-state index is 11.8. The Hall–Kier alpha value is -0.650. The van der Waals surface area contributed by atoms with Gasteiger partial charge in [0.05, 0.1) is 19.3 Å². The van der Waals surface area contributed by atoms with E-state index in [1.807, 2.05) is 20.8 Å². The number of esters is 1. The molecule has 1 heterocycles. The van der Waals surface area contributed by atoms with Crippen molar-refractivity contribution in [2.75, 3.05) is 26.4 Å². The van der Waals surface area contributed by atoms with E-state index in [1.54, 1.807) is 0 Å². The summed E-state index contributed by atoms with van der Waals surface area (Å²) in [7, 11) is 0. The highest BCUT2D eigenvalue weighted by atomic mass is 16.5. The van der Waals surface area contributed by atoms with Gasteiger partial charge in [-0.15, -0.1) is 0 Å². The zero-order chi connectivity index (χ0) is 13.4. The van der Waals surface area contributed by atoms with Crippen molar-refractivity contribution in [3.63, 3.8) is 0 Å². The number of hydrogen-bond donors (Lipinski definition) is 1. The molecule has 1 atom stereocenters. The van der Waals surface area contributed by atoms with E-state index in [4.69, 9.17) is 14.2 Å². The number of nitrogens with one attached hydrogen (secondary N) is 1. The van der Waals surface area contributed by atoms with Crippen molar-refractivity contribution in [2.45, 2.75) is 51.8 Å². The average Bonchev–Trinajstić information content (AvgIpc) is 2.35. The maximum Gasteiger partial charge on any atom is 0.325 e. The second kappa shape index (κ2) is 8.45. The SMILES string of the molecule is CCOC(=O)C(COC1CCOCC1)NC(C)C. The van der Waals surface area contributed by atoms with Crippen LogP contribution < -0.4 is 5.32 Å². The van der Waals surface area contributed by atoms with Crippen molar-refractivity contribution in [3.05, 3.63) is 0 Å². The summed E-state index contributed by atoms with van der Waals surface area (Å²) in [6.45, 7) is 8.05.